The highest BCUT2D eigenvalue weighted by Crippen LogP contribution is 2.32. The number of aromatic amines is 1. The van der Waals surface area contributed by atoms with Crippen LogP contribution < -0.4 is 5.32 Å². The topological polar surface area (TPSA) is 78.1 Å². The number of nitrogens with one attached hydrogen (secondary N) is 2. The molecular formula is C17H18N4O2. The predicted octanol–water partition coefficient (Wildman–Crippen LogP) is 2.62. The third kappa shape index (κ3) is 3.15. The number of hydrogen-bond acceptors (Lipinski definition) is 3. The number of carbonyl (C=O) groups is 2. The van der Waals surface area contributed by atoms with E-state index in [0.717, 1.165) is 16.8 Å². The first-order valence-corrected chi connectivity index (χ1v) is 7.42. The fraction of sp³-hybridized carbons (Fsp3) is 0.235. The molecule has 23 heavy (non-hydrogen) atoms. The molecule has 0 radical (unpaired) electrons. The van der Waals surface area contributed by atoms with Gasteiger partial charge >= 0.3 is 0 Å². The molecule has 0 spiro atoms. The van der Waals surface area contributed by atoms with Crippen molar-refractivity contribution in [2.24, 2.45) is 0 Å². The summed E-state index contributed by atoms with van der Waals surface area (Å²) in [5, 5.41) is 9.53. The first-order valence-electron chi connectivity index (χ1n) is 7.42. The van der Waals surface area contributed by atoms with Gasteiger partial charge in [-0.25, -0.2) is 0 Å². The molecule has 1 aromatic carbocycles. The van der Waals surface area contributed by atoms with Crippen molar-refractivity contribution in [3.63, 3.8) is 0 Å². The van der Waals surface area contributed by atoms with Crippen molar-refractivity contribution in [3.05, 3.63) is 53.4 Å². The molecule has 1 atom stereocenters. The van der Waals surface area contributed by atoms with E-state index in [2.05, 4.69) is 15.5 Å². The van der Waals surface area contributed by atoms with Crippen LogP contribution in [0.5, 0.6) is 0 Å². The van der Waals surface area contributed by atoms with E-state index in [-0.39, 0.29) is 24.3 Å². The minimum absolute atomic E-state index is 0.0934. The molecule has 1 aliphatic heterocycles. The van der Waals surface area contributed by atoms with Crippen molar-refractivity contribution in [2.45, 2.75) is 26.3 Å². The molecule has 118 valence electrons. The van der Waals surface area contributed by atoms with E-state index in [1.807, 2.05) is 37.3 Å². The molecule has 6 nitrogen and oxygen atoms in total. The summed E-state index contributed by atoms with van der Waals surface area (Å²) in [7, 11) is 0. The Morgan fingerprint density at radius 1 is 1.35 bits per heavy atom. The molecule has 0 fully saturated rings. The molecule has 3 rings (SSSR count). The highest BCUT2D eigenvalue weighted by atomic mass is 16.2. The first kappa shape index (κ1) is 15.0. The van der Waals surface area contributed by atoms with E-state index >= 15 is 0 Å². The Hall–Kier alpha value is -2.89. The van der Waals surface area contributed by atoms with Crippen molar-refractivity contribution < 1.29 is 9.59 Å². The molecule has 0 unspecified atom stereocenters. The van der Waals surface area contributed by atoms with E-state index in [4.69, 9.17) is 0 Å². The maximum Gasteiger partial charge on any atom is 0.228 e. The van der Waals surface area contributed by atoms with Gasteiger partial charge in [-0.15, -0.1) is 0 Å². The number of hydrogen-bond donors (Lipinski definition) is 2. The van der Waals surface area contributed by atoms with Crippen LogP contribution in [0.3, 0.4) is 0 Å². The average Bonchev–Trinajstić information content (AvgIpc) is 2.92. The van der Waals surface area contributed by atoms with Gasteiger partial charge in [0.05, 0.1) is 12.5 Å². The molecule has 0 saturated heterocycles. The summed E-state index contributed by atoms with van der Waals surface area (Å²) in [5.74, 6) is 0.212. The minimum Gasteiger partial charge on any atom is -0.311 e. The van der Waals surface area contributed by atoms with E-state index < -0.39 is 0 Å². The van der Waals surface area contributed by atoms with Crippen LogP contribution in [0.1, 0.15) is 36.2 Å². The standard InChI is InChI=1S/C17H18N4O2/c1-11-9-16(20-19-11)18-17(23)10-15-14-6-4-3-5-13(14)7-8-21(15)12(2)22/h3-9,15H,10H2,1-2H3,(H2,18,19,20,23)/t15-/m0/s1. The predicted molar refractivity (Wildman–Crippen MR) is 87.3 cm³/mol. The Balaban J connectivity index is 1.81. The van der Waals surface area contributed by atoms with Gasteiger partial charge in [-0.1, -0.05) is 24.3 Å². The number of fused-ring (bicyclic) bond motifs is 1. The second kappa shape index (κ2) is 6.08. The molecule has 2 amide bonds. The van der Waals surface area contributed by atoms with Crippen LogP contribution in [0.2, 0.25) is 0 Å². The quantitative estimate of drug-likeness (QED) is 0.914. The zero-order chi connectivity index (χ0) is 16.4. The number of amides is 2. The number of aromatic nitrogens is 2. The highest BCUT2D eigenvalue weighted by molar-refractivity contribution is 5.91. The maximum absolute atomic E-state index is 12.3. The van der Waals surface area contributed by atoms with Crippen LogP contribution in [0.15, 0.2) is 36.5 Å². The lowest BCUT2D eigenvalue weighted by molar-refractivity contribution is -0.129. The van der Waals surface area contributed by atoms with E-state index in [0.29, 0.717) is 5.82 Å². The van der Waals surface area contributed by atoms with E-state index in [9.17, 15) is 9.59 Å². The molecule has 1 aliphatic rings. The molecule has 2 heterocycles. The summed E-state index contributed by atoms with van der Waals surface area (Å²) in [6, 6.07) is 9.23. The van der Waals surface area contributed by atoms with Crippen molar-refractivity contribution in [2.75, 3.05) is 5.32 Å². The van der Waals surface area contributed by atoms with Crippen LogP contribution in [-0.4, -0.2) is 26.9 Å². The first-order chi connectivity index (χ1) is 11.0. The maximum atomic E-state index is 12.3. The van der Waals surface area contributed by atoms with Gasteiger partial charge in [0.1, 0.15) is 0 Å². The second-order valence-corrected chi connectivity index (χ2v) is 5.58. The Morgan fingerprint density at radius 3 is 2.83 bits per heavy atom. The minimum atomic E-state index is -0.311. The van der Waals surface area contributed by atoms with Crippen molar-refractivity contribution in [1.29, 1.82) is 0 Å². The van der Waals surface area contributed by atoms with Gasteiger partial charge in [0.15, 0.2) is 5.82 Å². The fourth-order valence-electron chi connectivity index (χ4n) is 2.76. The van der Waals surface area contributed by atoms with Crippen LogP contribution in [-0.2, 0) is 9.59 Å². The van der Waals surface area contributed by atoms with Gasteiger partial charge < -0.3 is 10.2 Å². The summed E-state index contributed by atoms with van der Waals surface area (Å²) in [6.07, 6.45) is 3.80. The van der Waals surface area contributed by atoms with E-state index in [1.165, 1.54) is 6.92 Å². The lowest BCUT2D eigenvalue weighted by Gasteiger charge is -2.32. The number of anilines is 1. The monoisotopic (exact) mass is 310 g/mol. The average molecular weight is 310 g/mol. The normalized spacial score (nSPS) is 16.1. The Labute approximate surface area is 134 Å². The van der Waals surface area contributed by atoms with Crippen LogP contribution in [0, 0.1) is 6.92 Å². The Morgan fingerprint density at radius 2 is 2.13 bits per heavy atom. The molecule has 0 aliphatic carbocycles. The van der Waals surface area contributed by atoms with Gasteiger partial charge in [-0.2, -0.15) is 5.10 Å². The zero-order valence-electron chi connectivity index (χ0n) is 13.0. The van der Waals surface area contributed by atoms with Gasteiger partial charge in [-0.3, -0.25) is 14.7 Å². The van der Waals surface area contributed by atoms with Crippen molar-refractivity contribution in [3.8, 4) is 0 Å². The summed E-state index contributed by atoms with van der Waals surface area (Å²) < 4.78 is 0. The fourth-order valence-corrected chi connectivity index (χ4v) is 2.76. The van der Waals surface area contributed by atoms with Gasteiger partial charge in [0.25, 0.3) is 0 Å². The number of aryl methyl sites for hydroxylation is 1. The van der Waals surface area contributed by atoms with Gasteiger partial charge in [0.2, 0.25) is 11.8 Å². The van der Waals surface area contributed by atoms with Crippen LogP contribution in [0.25, 0.3) is 6.08 Å². The number of H-pyrrole nitrogens is 1. The highest BCUT2D eigenvalue weighted by Gasteiger charge is 2.28. The lowest BCUT2D eigenvalue weighted by Crippen LogP contribution is -2.33. The van der Waals surface area contributed by atoms with Crippen LogP contribution >= 0.6 is 0 Å². The van der Waals surface area contributed by atoms with Crippen molar-refractivity contribution >= 4 is 23.7 Å². The number of benzene rings is 1. The summed E-state index contributed by atoms with van der Waals surface area (Å²) in [4.78, 5) is 25.8. The molecule has 6 heteroatoms. The molecule has 0 saturated carbocycles. The zero-order valence-corrected chi connectivity index (χ0v) is 13.0. The lowest BCUT2D eigenvalue weighted by atomic mass is 9.93. The van der Waals surface area contributed by atoms with Crippen molar-refractivity contribution in [1.82, 2.24) is 15.1 Å². The smallest absolute Gasteiger partial charge is 0.228 e. The second-order valence-electron chi connectivity index (χ2n) is 5.58. The summed E-state index contributed by atoms with van der Waals surface area (Å²) >= 11 is 0. The number of carbonyl (C=O) groups excluding carboxylic acids is 2. The summed E-state index contributed by atoms with van der Waals surface area (Å²) in [5.41, 5.74) is 2.87. The third-order valence-corrected chi connectivity index (χ3v) is 3.82. The van der Waals surface area contributed by atoms with Gasteiger partial charge in [0, 0.05) is 24.9 Å². The van der Waals surface area contributed by atoms with E-state index in [1.54, 1.807) is 17.2 Å². The molecule has 2 aromatic rings. The summed E-state index contributed by atoms with van der Waals surface area (Å²) in [6.45, 7) is 3.36. The molecule has 1 aromatic heterocycles. The third-order valence-electron chi connectivity index (χ3n) is 3.82. The molecule has 2 N–H and O–H groups in total. The molecular weight excluding hydrogens is 292 g/mol. The number of rotatable bonds is 3. The SMILES string of the molecule is CC(=O)N1C=Cc2ccccc2[C@@H]1CC(=O)Nc1cc(C)[nH]n1. The molecule has 0 bridgehead atoms. The Kier molecular flexibility index (Phi) is 3.97. The largest absolute Gasteiger partial charge is 0.311 e. The van der Waals surface area contributed by atoms with Crippen LogP contribution in [0.4, 0.5) is 5.82 Å². The van der Waals surface area contributed by atoms with Gasteiger partial charge in [-0.05, 0) is 24.1 Å². The number of nitrogens with zero attached hydrogens (tertiary/aromatic N) is 2. The Bertz CT molecular complexity index is 778.